The third-order valence-electron chi connectivity index (χ3n) is 13.7. The van der Waals surface area contributed by atoms with Crippen molar-refractivity contribution in [1.82, 2.24) is 0 Å². The van der Waals surface area contributed by atoms with Crippen LogP contribution in [0.2, 0.25) is 0 Å². The van der Waals surface area contributed by atoms with Crippen LogP contribution in [0.25, 0.3) is 0 Å². The van der Waals surface area contributed by atoms with Crippen LogP contribution >= 0.6 is 0 Å². The largest absolute Gasteiger partial charge is 0.462 e. The van der Waals surface area contributed by atoms with E-state index in [-0.39, 0.29) is 31.1 Å². The molecule has 79 heavy (non-hydrogen) atoms. The number of allylic oxidation sites excluding steroid dienone is 22. The molecule has 0 saturated carbocycles. The first kappa shape index (κ1) is 74.5. The zero-order chi connectivity index (χ0) is 57.1. The Kier molecular flexibility index (Phi) is 62.3. The summed E-state index contributed by atoms with van der Waals surface area (Å²) in [5, 5.41) is 0. The number of hydrogen-bond acceptors (Lipinski definition) is 6. The smallest absolute Gasteiger partial charge is 0.306 e. The normalized spacial score (nSPS) is 13.0. The van der Waals surface area contributed by atoms with E-state index in [1.807, 2.05) is 0 Å². The van der Waals surface area contributed by atoms with E-state index in [2.05, 4.69) is 154 Å². The summed E-state index contributed by atoms with van der Waals surface area (Å²) in [7, 11) is 0. The zero-order valence-corrected chi connectivity index (χ0v) is 51.3. The molecule has 6 nitrogen and oxygen atoms in total. The molecule has 0 aromatic carbocycles. The van der Waals surface area contributed by atoms with E-state index in [0.717, 1.165) is 148 Å². The van der Waals surface area contributed by atoms with Crippen molar-refractivity contribution in [2.75, 3.05) is 13.2 Å². The number of unbranched alkanes of at least 4 members (excludes halogenated alkanes) is 25. The predicted molar refractivity (Wildman–Crippen MR) is 343 cm³/mol. The highest BCUT2D eigenvalue weighted by Gasteiger charge is 2.19. The number of carbonyl (C=O) groups excluding carboxylic acids is 3. The third kappa shape index (κ3) is 64.3. The number of carbonyl (C=O) groups is 3. The molecular weight excluding hydrogens is 973 g/mol. The fraction of sp³-hybridized carbons (Fsp3) is 0.658. The lowest BCUT2D eigenvalue weighted by Gasteiger charge is -2.18. The maximum Gasteiger partial charge on any atom is 0.306 e. The molecular formula is C73H120O6. The molecule has 0 aliphatic carbocycles. The average Bonchev–Trinajstić information content (AvgIpc) is 3.45. The Hall–Kier alpha value is -4.45. The molecule has 0 saturated heterocycles. The molecule has 0 N–H and O–H groups in total. The molecule has 1 atom stereocenters. The van der Waals surface area contributed by atoms with Gasteiger partial charge < -0.3 is 14.2 Å². The molecule has 0 amide bonds. The lowest BCUT2D eigenvalue weighted by molar-refractivity contribution is -0.167. The molecule has 0 fully saturated rings. The highest BCUT2D eigenvalue weighted by atomic mass is 16.6. The van der Waals surface area contributed by atoms with Crippen molar-refractivity contribution < 1.29 is 28.6 Å². The second-order valence-electron chi connectivity index (χ2n) is 21.3. The van der Waals surface area contributed by atoms with Crippen LogP contribution in [0.15, 0.2) is 134 Å². The summed E-state index contributed by atoms with van der Waals surface area (Å²) < 4.78 is 16.9. The molecule has 0 rings (SSSR count). The van der Waals surface area contributed by atoms with E-state index in [0.29, 0.717) is 19.3 Å². The van der Waals surface area contributed by atoms with Crippen molar-refractivity contribution in [3.8, 4) is 0 Å². The van der Waals surface area contributed by atoms with Gasteiger partial charge in [-0.15, -0.1) is 0 Å². The summed E-state index contributed by atoms with van der Waals surface area (Å²) in [6, 6.07) is 0. The standard InChI is InChI=1S/C73H120O6/c1-4-7-10-13-16-19-22-25-27-29-30-31-32-33-34-35-36-37-38-39-40-41-42-44-45-48-51-54-57-60-63-66-72(75)78-69-70(68-77-71(74)65-62-59-56-53-50-47-24-21-18-15-12-9-6-3)79-73(76)67-64-61-58-55-52-49-46-43-28-26-23-20-17-14-11-8-5-2/h7-8,10-11,16-17,19-20,25-28,30-31,33-34,36-37,39-40,42,44,70H,4-6,9,12-15,18,21-24,29,32,35,38,41,43,45-69H2,1-3H3/b10-7-,11-8-,19-16-,20-17-,27-25-,28-26-,31-30-,34-33-,37-36-,40-39-,44-42-. The summed E-state index contributed by atoms with van der Waals surface area (Å²) in [4.78, 5) is 38.3. The fourth-order valence-corrected chi connectivity index (χ4v) is 8.83. The summed E-state index contributed by atoms with van der Waals surface area (Å²) in [5.74, 6) is -0.908. The molecule has 6 heteroatoms. The van der Waals surface area contributed by atoms with Gasteiger partial charge in [0.05, 0.1) is 0 Å². The predicted octanol–water partition coefficient (Wildman–Crippen LogP) is 22.5. The summed E-state index contributed by atoms with van der Waals surface area (Å²) in [6.45, 7) is 6.41. The van der Waals surface area contributed by atoms with Gasteiger partial charge in [-0.25, -0.2) is 0 Å². The summed E-state index contributed by atoms with van der Waals surface area (Å²) >= 11 is 0. The lowest BCUT2D eigenvalue weighted by atomic mass is 10.0. The van der Waals surface area contributed by atoms with Crippen LogP contribution in [0.3, 0.4) is 0 Å². The van der Waals surface area contributed by atoms with E-state index in [1.165, 1.54) is 103 Å². The van der Waals surface area contributed by atoms with Gasteiger partial charge in [-0.2, -0.15) is 0 Å². The van der Waals surface area contributed by atoms with Crippen molar-refractivity contribution in [3.63, 3.8) is 0 Å². The first-order chi connectivity index (χ1) is 39.0. The van der Waals surface area contributed by atoms with Gasteiger partial charge in [-0.3, -0.25) is 14.4 Å². The molecule has 448 valence electrons. The number of rotatable bonds is 58. The third-order valence-corrected chi connectivity index (χ3v) is 13.7. The minimum atomic E-state index is -0.793. The van der Waals surface area contributed by atoms with Gasteiger partial charge in [-0.05, 0) is 116 Å². The van der Waals surface area contributed by atoms with Gasteiger partial charge in [0.2, 0.25) is 0 Å². The molecule has 0 aliphatic heterocycles. The molecule has 0 aromatic rings. The maximum absolute atomic E-state index is 12.9. The molecule has 0 spiro atoms. The second-order valence-corrected chi connectivity index (χ2v) is 21.3. The van der Waals surface area contributed by atoms with Gasteiger partial charge in [0.1, 0.15) is 13.2 Å². The Labute approximate surface area is 487 Å². The van der Waals surface area contributed by atoms with Crippen molar-refractivity contribution in [1.29, 1.82) is 0 Å². The van der Waals surface area contributed by atoms with Crippen LogP contribution < -0.4 is 0 Å². The number of esters is 3. The van der Waals surface area contributed by atoms with Crippen LogP contribution in [0.5, 0.6) is 0 Å². The van der Waals surface area contributed by atoms with Gasteiger partial charge in [0.25, 0.3) is 0 Å². The quantitative estimate of drug-likeness (QED) is 0.0261. The van der Waals surface area contributed by atoms with Crippen molar-refractivity contribution in [2.45, 2.75) is 297 Å². The Balaban J connectivity index is 4.34. The molecule has 0 bridgehead atoms. The molecule has 1 unspecified atom stereocenters. The summed E-state index contributed by atoms with van der Waals surface area (Å²) in [6.07, 6.45) is 93.1. The minimum Gasteiger partial charge on any atom is -0.462 e. The van der Waals surface area contributed by atoms with E-state index < -0.39 is 6.10 Å². The highest BCUT2D eigenvalue weighted by Crippen LogP contribution is 2.16. The van der Waals surface area contributed by atoms with Crippen LogP contribution in [-0.4, -0.2) is 37.2 Å². The Morgan fingerprint density at radius 1 is 0.266 bits per heavy atom. The van der Waals surface area contributed by atoms with Crippen molar-refractivity contribution in [3.05, 3.63) is 134 Å². The number of ether oxygens (including phenoxy) is 3. The lowest BCUT2D eigenvalue weighted by Crippen LogP contribution is -2.30. The van der Waals surface area contributed by atoms with E-state index in [1.54, 1.807) is 0 Å². The van der Waals surface area contributed by atoms with Gasteiger partial charge in [0.15, 0.2) is 6.10 Å². The van der Waals surface area contributed by atoms with E-state index in [9.17, 15) is 14.4 Å². The monoisotopic (exact) mass is 1090 g/mol. The van der Waals surface area contributed by atoms with Crippen LogP contribution in [0, 0.1) is 0 Å². The van der Waals surface area contributed by atoms with Crippen LogP contribution in [-0.2, 0) is 28.6 Å². The van der Waals surface area contributed by atoms with Crippen molar-refractivity contribution >= 4 is 17.9 Å². The molecule has 0 heterocycles. The topological polar surface area (TPSA) is 78.9 Å². The highest BCUT2D eigenvalue weighted by molar-refractivity contribution is 5.71. The molecule has 0 aliphatic rings. The molecule has 0 aromatic heterocycles. The SMILES string of the molecule is CC/C=C\C/C=C\C/C=C\C/C=C\C/C=C\C/C=C\C/C=C\C/C=C\CCCCCCCCC(=O)OCC(COC(=O)CCCCCCCCCCCCCCC)OC(=O)CCCCCCCCC/C=C\C/C=C\C/C=C\CC. The Bertz CT molecular complexity index is 1680. The van der Waals surface area contributed by atoms with Crippen LogP contribution in [0.4, 0.5) is 0 Å². The number of hydrogen-bond donors (Lipinski definition) is 0. The first-order valence-corrected chi connectivity index (χ1v) is 32.7. The maximum atomic E-state index is 12.9. The average molecular weight is 1090 g/mol. The van der Waals surface area contributed by atoms with Gasteiger partial charge in [0, 0.05) is 19.3 Å². The zero-order valence-electron chi connectivity index (χ0n) is 51.3. The summed E-state index contributed by atoms with van der Waals surface area (Å²) in [5.41, 5.74) is 0. The Morgan fingerprint density at radius 2 is 0.494 bits per heavy atom. The Morgan fingerprint density at radius 3 is 0.772 bits per heavy atom. The second kappa shape index (κ2) is 66.1. The fourth-order valence-electron chi connectivity index (χ4n) is 8.83. The van der Waals surface area contributed by atoms with Crippen LogP contribution in [0.1, 0.15) is 290 Å². The van der Waals surface area contributed by atoms with Gasteiger partial charge in [-0.1, -0.05) is 289 Å². The van der Waals surface area contributed by atoms with Crippen molar-refractivity contribution in [2.24, 2.45) is 0 Å². The van der Waals surface area contributed by atoms with E-state index >= 15 is 0 Å². The minimum absolute atomic E-state index is 0.0875. The van der Waals surface area contributed by atoms with E-state index in [4.69, 9.17) is 14.2 Å². The first-order valence-electron chi connectivity index (χ1n) is 32.7. The molecule has 0 radical (unpaired) electrons. The van der Waals surface area contributed by atoms with Gasteiger partial charge >= 0.3 is 17.9 Å².